The van der Waals surface area contributed by atoms with Crippen LogP contribution in [0.25, 0.3) is 10.8 Å². The van der Waals surface area contributed by atoms with E-state index in [1.807, 2.05) is 42.5 Å². The molecule has 0 bridgehead atoms. The van der Waals surface area contributed by atoms with Gasteiger partial charge in [0.25, 0.3) is 0 Å². The van der Waals surface area contributed by atoms with Crippen LogP contribution in [0.5, 0.6) is 5.75 Å². The number of carboxylic acid groups (broad SMARTS) is 1. The molecule has 0 atom stereocenters. The van der Waals surface area contributed by atoms with E-state index in [0.717, 1.165) is 22.6 Å². The summed E-state index contributed by atoms with van der Waals surface area (Å²) in [6, 6.07) is 13.9. The molecule has 0 aromatic heterocycles. The number of hydrogen-bond donors (Lipinski definition) is 1. The zero-order valence-corrected chi connectivity index (χ0v) is 9.87. The molecule has 0 radical (unpaired) electrons. The van der Waals surface area contributed by atoms with Crippen LogP contribution < -0.4 is 4.74 Å². The monoisotopic (exact) mass is 242 g/mol. The average Bonchev–Trinajstić information content (AvgIpc) is 2.38. The highest BCUT2D eigenvalue weighted by Crippen LogP contribution is 2.25. The molecule has 0 saturated carbocycles. The normalized spacial score (nSPS) is 10.9. The predicted octanol–water partition coefficient (Wildman–Crippen LogP) is 3.25. The average molecular weight is 242 g/mol. The number of rotatable bonds is 5. The Morgan fingerprint density at radius 1 is 1.17 bits per heavy atom. The van der Waals surface area contributed by atoms with Crippen molar-refractivity contribution in [2.75, 3.05) is 6.61 Å². The van der Waals surface area contributed by atoms with Crippen molar-refractivity contribution in [1.82, 2.24) is 0 Å². The highest BCUT2D eigenvalue weighted by atomic mass is 16.5. The summed E-state index contributed by atoms with van der Waals surface area (Å²) in [7, 11) is 0. The second-order valence-electron chi connectivity index (χ2n) is 3.86. The molecule has 2 rings (SSSR count). The van der Waals surface area contributed by atoms with E-state index in [-0.39, 0.29) is 0 Å². The summed E-state index contributed by atoms with van der Waals surface area (Å²) in [4.78, 5) is 10.3. The number of ether oxygens (including phenoxy) is 1. The molecule has 2 aromatic carbocycles. The highest BCUT2D eigenvalue weighted by molar-refractivity contribution is 5.88. The zero-order chi connectivity index (χ0) is 12.8. The van der Waals surface area contributed by atoms with E-state index in [1.54, 1.807) is 6.08 Å². The largest absolute Gasteiger partial charge is 0.493 e. The van der Waals surface area contributed by atoms with Crippen LogP contribution in [0.1, 0.15) is 6.42 Å². The van der Waals surface area contributed by atoms with Gasteiger partial charge in [0.2, 0.25) is 0 Å². The quantitative estimate of drug-likeness (QED) is 0.646. The van der Waals surface area contributed by atoms with Crippen LogP contribution in [0, 0.1) is 0 Å². The Morgan fingerprint density at radius 3 is 2.78 bits per heavy atom. The fraction of sp³-hybridized carbons (Fsp3) is 0.133. The molecule has 0 spiro atoms. The molecule has 92 valence electrons. The number of benzene rings is 2. The van der Waals surface area contributed by atoms with Gasteiger partial charge in [0.05, 0.1) is 6.61 Å². The predicted molar refractivity (Wildman–Crippen MR) is 70.8 cm³/mol. The third kappa shape index (κ3) is 3.10. The Hall–Kier alpha value is -2.29. The summed E-state index contributed by atoms with van der Waals surface area (Å²) < 4.78 is 5.66. The summed E-state index contributed by atoms with van der Waals surface area (Å²) in [6.45, 7) is 0.470. The lowest BCUT2D eigenvalue weighted by molar-refractivity contribution is -0.131. The number of fused-ring (bicyclic) bond motifs is 1. The van der Waals surface area contributed by atoms with Crippen LogP contribution in [0.15, 0.2) is 54.6 Å². The fourth-order valence-electron chi connectivity index (χ4n) is 1.74. The number of aliphatic carboxylic acids is 1. The van der Waals surface area contributed by atoms with Gasteiger partial charge in [-0.2, -0.15) is 0 Å². The maximum atomic E-state index is 10.3. The van der Waals surface area contributed by atoms with E-state index in [2.05, 4.69) is 0 Å². The molecular formula is C15H14O3. The van der Waals surface area contributed by atoms with Crippen LogP contribution in [0.3, 0.4) is 0 Å². The Morgan fingerprint density at radius 2 is 1.94 bits per heavy atom. The molecule has 0 heterocycles. The smallest absolute Gasteiger partial charge is 0.327 e. The summed E-state index contributed by atoms with van der Waals surface area (Å²) in [5.74, 6) is -0.100. The van der Waals surface area contributed by atoms with Gasteiger partial charge in [-0.3, -0.25) is 0 Å². The minimum absolute atomic E-state index is 0.470. The summed E-state index contributed by atoms with van der Waals surface area (Å²) in [5, 5.41) is 10.7. The second-order valence-corrected chi connectivity index (χ2v) is 3.86. The van der Waals surface area contributed by atoms with Crippen molar-refractivity contribution in [2.24, 2.45) is 0 Å². The summed E-state index contributed by atoms with van der Waals surface area (Å²) >= 11 is 0. The molecule has 0 saturated heterocycles. The summed E-state index contributed by atoms with van der Waals surface area (Å²) in [5.41, 5.74) is 0. The Kier molecular flexibility index (Phi) is 3.97. The SMILES string of the molecule is O=C(O)/C=C/CCOc1cccc2ccccc12. The Bertz CT molecular complexity index is 567. The van der Waals surface area contributed by atoms with Gasteiger partial charge in [-0.25, -0.2) is 4.79 Å². The number of carbonyl (C=O) groups is 1. The highest BCUT2D eigenvalue weighted by Gasteiger charge is 1.99. The molecule has 0 aliphatic carbocycles. The maximum Gasteiger partial charge on any atom is 0.327 e. The first-order valence-corrected chi connectivity index (χ1v) is 5.77. The van der Waals surface area contributed by atoms with Crippen molar-refractivity contribution < 1.29 is 14.6 Å². The van der Waals surface area contributed by atoms with Crippen LogP contribution >= 0.6 is 0 Å². The Balaban J connectivity index is 2.01. The minimum Gasteiger partial charge on any atom is -0.493 e. The van der Waals surface area contributed by atoms with Crippen molar-refractivity contribution in [3.63, 3.8) is 0 Å². The van der Waals surface area contributed by atoms with E-state index in [9.17, 15) is 4.79 Å². The van der Waals surface area contributed by atoms with E-state index >= 15 is 0 Å². The molecule has 0 fully saturated rings. The van der Waals surface area contributed by atoms with Crippen LogP contribution in [-0.4, -0.2) is 17.7 Å². The lowest BCUT2D eigenvalue weighted by Gasteiger charge is -2.07. The molecule has 2 aromatic rings. The van der Waals surface area contributed by atoms with Gasteiger partial charge in [0.1, 0.15) is 5.75 Å². The van der Waals surface area contributed by atoms with E-state index in [1.165, 1.54) is 0 Å². The van der Waals surface area contributed by atoms with Crippen molar-refractivity contribution in [2.45, 2.75) is 6.42 Å². The standard InChI is InChI=1S/C15H14O3/c16-15(17)10-3-4-11-18-14-9-5-7-12-6-1-2-8-13(12)14/h1-3,5-10H,4,11H2,(H,16,17)/b10-3+. The molecule has 0 aliphatic heterocycles. The van der Waals surface area contributed by atoms with Crippen molar-refractivity contribution in [3.8, 4) is 5.75 Å². The van der Waals surface area contributed by atoms with Gasteiger partial charge in [-0.15, -0.1) is 0 Å². The van der Waals surface area contributed by atoms with E-state index in [0.29, 0.717) is 13.0 Å². The maximum absolute atomic E-state index is 10.3. The lowest BCUT2D eigenvalue weighted by atomic mass is 10.1. The Labute approximate surface area is 105 Å². The summed E-state index contributed by atoms with van der Waals surface area (Å²) in [6.07, 6.45) is 3.30. The lowest BCUT2D eigenvalue weighted by Crippen LogP contribution is -1.96. The van der Waals surface area contributed by atoms with Gasteiger partial charge in [0.15, 0.2) is 0 Å². The van der Waals surface area contributed by atoms with Crippen molar-refractivity contribution in [3.05, 3.63) is 54.6 Å². The zero-order valence-electron chi connectivity index (χ0n) is 9.87. The topological polar surface area (TPSA) is 46.5 Å². The first-order valence-electron chi connectivity index (χ1n) is 5.77. The molecule has 0 amide bonds. The number of hydrogen-bond acceptors (Lipinski definition) is 2. The molecule has 3 heteroatoms. The van der Waals surface area contributed by atoms with Crippen molar-refractivity contribution in [1.29, 1.82) is 0 Å². The third-order valence-electron chi connectivity index (χ3n) is 2.55. The molecule has 0 unspecified atom stereocenters. The van der Waals surface area contributed by atoms with Crippen molar-refractivity contribution >= 4 is 16.7 Å². The number of carboxylic acids is 1. The van der Waals surface area contributed by atoms with Gasteiger partial charge in [-0.1, -0.05) is 42.5 Å². The minimum atomic E-state index is -0.930. The van der Waals surface area contributed by atoms with Gasteiger partial charge in [-0.05, 0) is 17.9 Å². The van der Waals surface area contributed by atoms with Gasteiger partial charge >= 0.3 is 5.97 Å². The van der Waals surface area contributed by atoms with E-state index in [4.69, 9.17) is 9.84 Å². The van der Waals surface area contributed by atoms with E-state index < -0.39 is 5.97 Å². The molecular weight excluding hydrogens is 228 g/mol. The van der Waals surface area contributed by atoms with Crippen LogP contribution in [0.4, 0.5) is 0 Å². The first-order chi connectivity index (χ1) is 8.77. The fourth-order valence-corrected chi connectivity index (χ4v) is 1.74. The second kappa shape index (κ2) is 5.87. The molecule has 1 N–H and O–H groups in total. The van der Waals surface area contributed by atoms with Gasteiger partial charge < -0.3 is 9.84 Å². The molecule has 0 aliphatic rings. The van der Waals surface area contributed by atoms with Crippen LogP contribution in [0.2, 0.25) is 0 Å². The van der Waals surface area contributed by atoms with Gasteiger partial charge in [0, 0.05) is 11.5 Å². The molecule has 3 nitrogen and oxygen atoms in total. The first kappa shape index (κ1) is 12.2. The molecule has 18 heavy (non-hydrogen) atoms. The third-order valence-corrected chi connectivity index (χ3v) is 2.55. The van der Waals surface area contributed by atoms with Crippen LogP contribution in [-0.2, 0) is 4.79 Å².